The molecule has 82 valence electrons. The van der Waals surface area contributed by atoms with Crippen LogP contribution in [0.15, 0.2) is 12.1 Å². The van der Waals surface area contributed by atoms with Gasteiger partial charge in [-0.05, 0) is 48.9 Å². The van der Waals surface area contributed by atoms with Gasteiger partial charge in [0.25, 0.3) is 0 Å². The average molecular weight is 269 g/mol. The molecule has 0 fully saturated rings. The smallest absolute Gasteiger partial charge is 0.122 e. The normalized spacial score (nSPS) is 20.6. The summed E-state index contributed by atoms with van der Waals surface area (Å²) in [4.78, 5) is 0.505. The first-order valence-electron chi connectivity index (χ1n) is 5.54. The van der Waals surface area contributed by atoms with Crippen molar-refractivity contribution in [3.63, 3.8) is 0 Å². The molecule has 0 amide bonds. The summed E-state index contributed by atoms with van der Waals surface area (Å²) >= 11 is 3.80. The molecule has 0 aliphatic heterocycles. The van der Waals surface area contributed by atoms with Crippen LogP contribution in [0.5, 0.6) is 5.75 Å². The van der Waals surface area contributed by atoms with E-state index in [1.54, 1.807) is 7.11 Å². The summed E-state index contributed by atoms with van der Waals surface area (Å²) in [6.07, 6.45) is 4.96. The molecule has 1 aromatic rings. The number of alkyl halides is 1. The second-order valence-corrected chi connectivity index (χ2v) is 5.30. The minimum Gasteiger partial charge on any atom is -0.496 e. The third kappa shape index (κ3) is 2.05. The van der Waals surface area contributed by atoms with E-state index in [1.165, 1.54) is 36.0 Å². The topological polar surface area (TPSA) is 9.23 Å². The van der Waals surface area contributed by atoms with Gasteiger partial charge in [0.2, 0.25) is 0 Å². The van der Waals surface area contributed by atoms with E-state index in [0.29, 0.717) is 4.83 Å². The summed E-state index contributed by atoms with van der Waals surface area (Å²) in [6.45, 7) is 2.19. The van der Waals surface area contributed by atoms with Crippen molar-refractivity contribution in [1.29, 1.82) is 0 Å². The monoisotopic (exact) mass is 268 g/mol. The van der Waals surface area contributed by atoms with Gasteiger partial charge in [0.1, 0.15) is 5.75 Å². The van der Waals surface area contributed by atoms with E-state index in [4.69, 9.17) is 4.74 Å². The van der Waals surface area contributed by atoms with Crippen LogP contribution in [-0.4, -0.2) is 7.11 Å². The van der Waals surface area contributed by atoms with E-state index in [1.807, 2.05) is 0 Å². The van der Waals surface area contributed by atoms with Crippen LogP contribution in [-0.2, 0) is 6.42 Å². The standard InChI is InChI=1S/C13H17BrO/c1-9-7-8-12(15-2)10-5-3-4-6-11(14)13(9)10/h7-8,11H,3-6H2,1-2H3. The van der Waals surface area contributed by atoms with E-state index in [-0.39, 0.29) is 0 Å². The summed E-state index contributed by atoms with van der Waals surface area (Å²) in [5.74, 6) is 1.06. The number of aryl methyl sites for hydroxylation is 1. The van der Waals surface area contributed by atoms with Crippen molar-refractivity contribution in [2.24, 2.45) is 0 Å². The third-order valence-electron chi connectivity index (χ3n) is 3.20. The molecule has 0 spiro atoms. The zero-order valence-electron chi connectivity index (χ0n) is 9.35. The zero-order valence-corrected chi connectivity index (χ0v) is 10.9. The number of methoxy groups -OCH3 is 1. The summed E-state index contributed by atoms with van der Waals surface area (Å²) in [7, 11) is 1.76. The molecule has 0 saturated heterocycles. The second-order valence-electron chi connectivity index (χ2n) is 4.19. The molecule has 1 atom stereocenters. The van der Waals surface area contributed by atoms with Gasteiger partial charge in [-0.15, -0.1) is 0 Å². The van der Waals surface area contributed by atoms with Crippen molar-refractivity contribution in [3.05, 3.63) is 28.8 Å². The van der Waals surface area contributed by atoms with Crippen molar-refractivity contribution in [3.8, 4) is 5.75 Å². The first-order chi connectivity index (χ1) is 7.24. The van der Waals surface area contributed by atoms with Gasteiger partial charge in [0.05, 0.1) is 7.11 Å². The first-order valence-corrected chi connectivity index (χ1v) is 6.46. The maximum atomic E-state index is 5.45. The summed E-state index contributed by atoms with van der Waals surface area (Å²) < 4.78 is 5.45. The molecule has 0 heterocycles. The summed E-state index contributed by atoms with van der Waals surface area (Å²) in [5, 5.41) is 0. The molecular weight excluding hydrogens is 252 g/mol. The Labute approximate surface area is 100.0 Å². The third-order valence-corrected chi connectivity index (χ3v) is 4.12. The van der Waals surface area contributed by atoms with Gasteiger partial charge in [0, 0.05) is 4.83 Å². The zero-order chi connectivity index (χ0) is 10.8. The summed E-state index contributed by atoms with van der Waals surface area (Å²) in [5.41, 5.74) is 4.26. The lowest BCUT2D eigenvalue weighted by molar-refractivity contribution is 0.408. The van der Waals surface area contributed by atoms with Crippen molar-refractivity contribution in [1.82, 2.24) is 0 Å². The Bertz CT molecular complexity index is 360. The number of fused-ring (bicyclic) bond motifs is 1. The van der Waals surface area contributed by atoms with Crippen LogP contribution in [0.25, 0.3) is 0 Å². The molecule has 0 N–H and O–H groups in total. The van der Waals surface area contributed by atoms with E-state index in [2.05, 4.69) is 35.0 Å². The van der Waals surface area contributed by atoms with Gasteiger partial charge in [0.15, 0.2) is 0 Å². The fourth-order valence-corrected chi connectivity index (χ4v) is 3.38. The lowest BCUT2D eigenvalue weighted by Gasteiger charge is -2.17. The van der Waals surface area contributed by atoms with Crippen LogP contribution in [0.3, 0.4) is 0 Å². The Hall–Kier alpha value is -0.500. The Kier molecular flexibility index (Phi) is 3.35. The van der Waals surface area contributed by atoms with E-state index < -0.39 is 0 Å². The maximum absolute atomic E-state index is 5.45. The van der Waals surface area contributed by atoms with Crippen molar-refractivity contribution < 1.29 is 4.74 Å². The van der Waals surface area contributed by atoms with Crippen molar-refractivity contribution >= 4 is 15.9 Å². The molecule has 2 heteroatoms. The first kappa shape index (κ1) is 11.0. The minimum absolute atomic E-state index is 0.505. The molecule has 1 unspecified atom stereocenters. The van der Waals surface area contributed by atoms with E-state index >= 15 is 0 Å². The largest absolute Gasteiger partial charge is 0.496 e. The van der Waals surface area contributed by atoms with Gasteiger partial charge in [-0.2, -0.15) is 0 Å². The number of ether oxygens (including phenoxy) is 1. The molecule has 0 aromatic heterocycles. The molecule has 15 heavy (non-hydrogen) atoms. The number of hydrogen-bond acceptors (Lipinski definition) is 1. The fraction of sp³-hybridized carbons (Fsp3) is 0.538. The highest BCUT2D eigenvalue weighted by molar-refractivity contribution is 9.09. The molecule has 1 aromatic carbocycles. The molecule has 0 saturated carbocycles. The maximum Gasteiger partial charge on any atom is 0.122 e. The highest BCUT2D eigenvalue weighted by atomic mass is 79.9. The lowest BCUT2D eigenvalue weighted by Crippen LogP contribution is -2.00. The van der Waals surface area contributed by atoms with Gasteiger partial charge in [-0.3, -0.25) is 0 Å². The number of benzene rings is 1. The van der Waals surface area contributed by atoms with Crippen LogP contribution in [0, 0.1) is 6.92 Å². The summed E-state index contributed by atoms with van der Waals surface area (Å²) in [6, 6.07) is 4.26. The van der Waals surface area contributed by atoms with Crippen LogP contribution in [0.1, 0.15) is 40.8 Å². The highest BCUT2D eigenvalue weighted by Gasteiger charge is 2.20. The van der Waals surface area contributed by atoms with Gasteiger partial charge >= 0.3 is 0 Å². The van der Waals surface area contributed by atoms with Crippen molar-refractivity contribution in [2.75, 3.05) is 7.11 Å². The molecular formula is C13H17BrO. The number of hydrogen-bond donors (Lipinski definition) is 0. The Morgan fingerprint density at radius 3 is 2.87 bits per heavy atom. The highest BCUT2D eigenvalue weighted by Crippen LogP contribution is 2.40. The van der Waals surface area contributed by atoms with Crippen molar-refractivity contribution in [2.45, 2.75) is 37.4 Å². The molecule has 0 bridgehead atoms. The Morgan fingerprint density at radius 1 is 1.33 bits per heavy atom. The van der Waals surface area contributed by atoms with Crippen LogP contribution < -0.4 is 4.74 Å². The minimum atomic E-state index is 0.505. The number of rotatable bonds is 1. The van der Waals surface area contributed by atoms with E-state index in [0.717, 1.165) is 12.2 Å². The van der Waals surface area contributed by atoms with Gasteiger partial charge < -0.3 is 4.74 Å². The Balaban J connectivity index is 2.55. The molecule has 1 aliphatic rings. The lowest BCUT2D eigenvalue weighted by atomic mass is 9.97. The second kappa shape index (κ2) is 4.56. The molecule has 1 nitrogen and oxygen atoms in total. The number of halogens is 1. The Morgan fingerprint density at radius 2 is 2.13 bits per heavy atom. The quantitative estimate of drug-likeness (QED) is 0.549. The predicted molar refractivity (Wildman–Crippen MR) is 67.0 cm³/mol. The van der Waals surface area contributed by atoms with Gasteiger partial charge in [-0.1, -0.05) is 28.4 Å². The van der Waals surface area contributed by atoms with Crippen LogP contribution in [0.4, 0.5) is 0 Å². The molecule has 2 rings (SSSR count). The van der Waals surface area contributed by atoms with E-state index in [9.17, 15) is 0 Å². The van der Waals surface area contributed by atoms with Gasteiger partial charge in [-0.25, -0.2) is 0 Å². The molecule has 1 aliphatic carbocycles. The average Bonchev–Trinajstić information content (AvgIpc) is 2.42. The molecule has 0 radical (unpaired) electrons. The fourth-order valence-electron chi connectivity index (χ4n) is 2.42. The SMILES string of the molecule is COc1ccc(C)c2c1CCCCC2Br. The van der Waals surface area contributed by atoms with Crippen LogP contribution >= 0.6 is 15.9 Å². The van der Waals surface area contributed by atoms with Crippen LogP contribution in [0.2, 0.25) is 0 Å². The predicted octanol–water partition coefficient (Wildman–Crippen LogP) is 4.17.